The average Bonchev–Trinajstić information content (AvgIpc) is 2.74. The van der Waals surface area contributed by atoms with Crippen molar-refractivity contribution in [2.45, 2.75) is 26.3 Å². The Kier molecular flexibility index (Phi) is 6.01. The van der Waals surface area contributed by atoms with Crippen LogP contribution in [0.15, 0.2) is 78.9 Å². The standard InChI is InChI=1S/C27H29NO2.H2/c1-27(19-28(20-27)18-22-8-4-3-5-9-22)17-23-10-6-7-11-25(23)26(29)16-21-12-14-24(30-2)15-13-21;/h3-15H,16-20H2,1-2H3;1H. The van der Waals surface area contributed by atoms with E-state index in [9.17, 15) is 4.79 Å². The van der Waals surface area contributed by atoms with Crippen molar-refractivity contribution in [2.24, 2.45) is 5.41 Å². The van der Waals surface area contributed by atoms with Gasteiger partial charge in [-0.15, -0.1) is 0 Å². The van der Waals surface area contributed by atoms with Crippen molar-refractivity contribution < 1.29 is 11.0 Å². The van der Waals surface area contributed by atoms with Crippen LogP contribution in [0.5, 0.6) is 5.75 Å². The summed E-state index contributed by atoms with van der Waals surface area (Å²) in [6, 6.07) is 26.5. The van der Waals surface area contributed by atoms with Crippen LogP contribution in [0.3, 0.4) is 0 Å². The number of hydrogen-bond acceptors (Lipinski definition) is 3. The highest BCUT2D eigenvalue weighted by Crippen LogP contribution is 2.35. The summed E-state index contributed by atoms with van der Waals surface area (Å²) in [7, 11) is 1.65. The zero-order chi connectivity index (χ0) is 21.0. The number of ether oxygens (including phenoxy) is 1. The highest BCUT2D eigenvalue weighted by Gasteiger charge is 2.39. The van der Waals surface area contributed by atoms with E-state index in [2.05, 4.69) is 48.2 Å². The van der Waals surface area contributed by atoms with Gasteiger partial charge in [0, 0.05) is 33.0 Å². The molecule has 3 heteroatoms. The Labute approximate surface area is 180 Å². The van der Waals surface area contributed by atoms with E-state index in [1.54, 1.807) is 7.11 Å². The lowest BCUT2D eigenvalue weighted by molar-refractivity contribution is 0.00929. The topological polar surface area (TPSA) is 29.5 Å². The van der Waals surface area contributed by atoms with Crippen molar-refractivity contribution >= 4 is 5.78 Å². The number of rotatable bonds is 8. The smallest absolute Gasteiger partial charge is 0.167 e. The van der Waals surface area contributed by atoms with Crippen molar-refractivity contribution in [3.63, 3.8) is 0 Å². The van der Waals surface area contributed by atoms with Gasteiger partial charge in [0.2, 0.25) is 0 Å². The van der Waals surface area contributed by atoms with E-state index in [0.29, 0.717) is 6.42 Å². The van der Waals surface area contributed by atoms with Crippen LogP contribution in [0.2, 0.25) is 0 Å². The summed E-state index contributed by atoms with van der Waals surface area (Å²) in [5, 5.41) is 0. The molecule has 1 aliphatic heterocycles. The van der Waals surface area contributed by atoms with Crippen LogP contribution in [-0.2, 0) is 19.4 Å². The maximum Gasteiger partial charge on any atom is 0.167 e. The van der Waals surface area contributed by atoms with Crippen LogP contribution in [0.25, 0.3) is 0 Å². The molecule has 1 heterocycles. The Bertz CT molecular complexity index is 995. The number of benzene rings is 3. The third-order valence-corrected chi connectivity index (χ3v) is 5.92. The van der Waals surface area contributed by atoms with E-state index in [-0.39, 0.29) is 12.6 Å². The molecule has 0 saturated carbocycles. The first-order valence-corrected chi connectivity index (χ1v) is 10.5. The molecule has 0 unspecified atom stereocenters. The van der Waals surface area contributed by atoms with E-state index >= 15 is 0 Å². The van der Waals surface area contributed by atoms with Gasteiger partial charge in [-0.05, 0) is 40.7 Å². The van der Waals surface area contributed by atoms with Gasteiger partial charge in [-0.2, -0.15) is 0 Å². The third kappa shape index (κ3) is 4.80. The molecule has 0 aliphatic carbocycles. The number of carbonyl (C=O) groups excluding carboxylic acids is 1. The lowest BCUT2D eigenvalue weighted by atomic mass is 9.75. The van der Waals surface area contributed by atoms with Crippen LogP contribution in [0, 0.1) is 5.41 Å². The SMILES string of the molecule is COc1ccc(CC(=O)c2ccccc2CC2(C)CN(Cc3ccccc3)C2)cc1.[HH]. The van der Waals surface area contributed by atoms with Crippen LogP contribution in [0.1, 0.15) is 35.4 Å². The number of Topliss-reactive ketones (excluding diaryl/α,β-unsaturated/α-hetero) is 1. The summed E-state index contributed by atoms with van der Waals surface area (Å²) in [6.07, 6.45) is 1.35. The Morgan fingerprint density at radius 3 is 2.30 bits per heavy atom. The summed E-state index contributed by atoms with van der Waals surface area (Å²) < 4.78 is 5.21. The Morgan fingerprint density at radius 2 is 1.60 bits per heavy atom. The number of carbonyl (C=O) groups is 1. The van der Waals surface area contributed by atoms with Gasteiger partial charge in [0.25, 0.3) is 0 Å². The van der Waals surface area contributed by atoms with Gasteiger partial charge in [-0.25, -0.2) is 0 Å². The van der Waals surface area contributed by atoms with Gasteiger partial charge in [0.15, 0.2) is 5.78 Å². The van der Waals surface area contributed by atoms with E-state index in [1.807, 2.05) is 42.5 Å². The zero-order valence-corrected chi connectivity index (χ0v) is 17.8. The predicted molar refractivity (Wildman–Crippen MR) is 123 cm³/mol. The second-order valence-electron chi connectivity index (χ2n) is 8.72. The molecule has 1 fully saturated rings. The van der Waals surface area contributed by atoms with Gasteiger partial charge in [-0.3, -0.25) is 9.69 Å². The summed E-state index contributed by atoms with van der Waals surface area (Å²) >= 11 is 0. The molecule has 0 atom stereocenters. The van der Waals surface area contributed by atoms with Crippen molar-refractivity contribution in [1.82, 2.24) is 4.90 Å². The lowest BCUT2D eigenvalue weighted by Crippen LogP contribution is -2.55. The fraction of sp³-hybridized carbons (Fsp3) is 0.296. The average molecular weight is 402 g/mol. The normalized spacial score (nSPS) is 15.4. The molecule has 0 spiro atoms. The molecule has 3 aromatic carbocycles. The minimum atomic E-state index is 0. The molecule has 0 amide bonds. The Morgan fingerprint density at radius 1 is 0.933 bits per heavy atom. The van der Waals surface area contributed by atoms with Crippen molar-refractivity contribution in [3.05, 3.63) is 101 Å². The molecule has 1 aliphatic rings. The summed E-state index contributed by atoms with van der Waals surface area (Å²) in [5.41, 5.74) is 4.61. The fourth-order valence-electron chi connectivity index (χ4n) is 4.53. The first-order valence-electron chi connectivity index (χ1n) is 10.5. The maximum absolute atomic E-state index is 13.0. The minimum Gasteiger partial charge on any atom is -0.497 e. The summed E-state index contributed by atoms with van der Waals surface area (Å²) in [6.45, 7) is 5.44. The molecule has 0 bridgehead atoms. The number of methoxy groups -OCH3 is 1. The highest BCUT2D eigenvalue weighted by molar-refractivity contribution is 5.98. The first-order chi connectivity index (χ1) is 14.5. The minimum absolute atomic E-state index is 0. The van der Waals surface area contributed by atoms with Gasteiger partial charge in [0.05, 0.1) is 7.11 Å². The van der Waals surface area contributed by atoms with Gasteiger partial charge in [0.1, 0.15) is 5.75 Å². The molecule has 3 aromatic rings. The molecular weight excluding hydrogens is 370 g/mol. The molecule has 0 aromatic heterocycles. The predicted octanol–water partition coefficient (Wildman–Crippen LogP) is 5.43. The largest absolute Gasteiger partial charge is 0.497 e. The van der Waals surface area contributed by atoms with Crippen molar-refractivity contribution in [2.75, 3.05) is 20.2 Å². The van der Waals surface area contributed by atoms with Crippen molar-refractivity contribution in [3.8, 4) is 5.75 Å². The zero-order valence-electron chi connectivity index (χ0n) is 17.8. The highest BCUT2D eigenvalue weighted by atomic mass is 16.5. The number of hydrogen-bond donors (Lipinski definition) is 0. The van der Waals surface area contributed by atoms with Crippen LogP contribution < -0.4 is 4.74 Å². The molecular formula is C27H31NO2. The summed E-state index contributed by atoms with van der Waals surface area (Å²) in [4.78, 5) is 15.5. The lowest BCUT2D eigenvalue weighted by Gasteiger charge is -2.48. The number of ketones is 1. The monoisotopic (exact) mass is 401 g/mol. The number of nitrogens with zero attached hydrogens (tertiary/aromatic N) is 1. The van der Waals surface area contributed by atoms with Crippen LogP contribution in [-0.4, -0.2) is 30.9 Å². The molecule has 1 saturated heterocycles. The number of likely N-dealkylation sites (tertiary alicyclic amines) is 1. The van der Waals surface area contributed by atoms with Crippen LogP contribution in [0.4, 0.5) is 0 Å². The van der Waals surface area contributed by atoms with Gasteiger partial charge >= 0.3 is 0 Å². The molecule has 4 rings (SSSR count). The van der Waals surface area contributed by atoms with E-state index in [0.717, 1.165) is 48.5 Å². The Hall–Kier alpha value is -2.91. The van der Waals surface area contributed by atoms with Crippen molar-refractivity contribution in [1.29, 1.82) is 0 Å². The second-order valence-corrected chi connectivity index (χ2v) is 8.72. The van der Waals surface area contributed by atoms with Gasteiger partial charge < -0.3 is 4.74 Å². The fourth-order valence-corrected chi connectivity index (χ4v) is 4.53. The molecule has 0 N–H and O–H groups in total. The molecule has 3 nitrogen and oxygen atoms in total. The third-order valence-electron chi connectivity index (χ3n) is 5.92. The first kappa shape index (κ1) is 20.4. The molecule has 0 radical (unpaired) electrons. The molecule has 30 heavy (non-hydrogen) atoms. The second kappa shape index (κ2) is 8.85. The van der Waals surface area contributed by atoms with E-state index < -0.39 is 0 Å². The maximum atomic E-state index is 13.0. The quantitative estimate of drug-likeness (QED) is 0.471. The van der Waals surface area contributed by atoms with Crippen LogP contribution >= 0.6 is 0 Å². The molecule has 156 valence electrons. The Balaban J connectivity index is 0.00000272. The summed E-state index contributed by atoms with van der Waals surface area (Å²) in [5.74, 6) is 0.990. The van der Waals surface area contributed by atoms with E-state index in [1.165, 1.54) is 5.56 Å². The van der Waals surface area contributed by atoms with E-state index in [4.69, 9.17) is 4.74 Å². The van der Waals surface area contributed by atoms with Gasteiger partial charge in [-0.1, -0.05) is 73.7 Å².